The summed E-state index contributed by atoms with van der Waals surface area (Å²) in [6.45, 7) is 0.692. The highest BCUT2D eigenvalue weighted by molar-refractivity contribution is 5.77. The smallest absolute Gasteiger partial charge is 0.240 e. The van der Waals surface area contributed by atoms with Gasteiger partial charge in [0.05, 0.1) is 12.7 Å². The molecule has 0 atom stereocenters. The lowest BCUT2D eigenvalue weighted by molar-refractivity contribution is 0.687. The van der Waals surface area contributed by atoms with Crippen LogP contribution in [0.2, 0.25) is 0 Å². The van der Waals surface area contributed by atoms with Gasteiger partial charge in [-0.3, -0.25) is 4.68 Å². The molecule has 0 radical (unpaired) electrons. The summed E-state index contributed by atoms with van der Waals surface area (Å²) in [6, 6.07) is 20.0. The van der Waals surface area contributed by atoms with Crippen LogP contribution in [0.15, 0.2) is 73.1 Å². The Bertz CT molecular complexity index is 979. The van der Waals surface area contributed by atoms with Crippen molar-refractivity contribution in [1.29, 1.82) is 0 Å². The average Bonchev–Trinajstić information content (AvgIpc) is 3.11. The van der Waals surface area contributed by atoms with Crippen LogP contribution in [0.5, 0.6) is 0 Å². The number of rotatable bonds is 4. The van der Waals surface area contributed by atoms with Gasteiger partial charge in [0, 0.05) is 17.3 Å². The van der Waals surface area contributed by atoms with E-state index in [1.807, 2.05) is 59.4 Å². The summed E-state index contributed by atoms with van der Waals surface area (Å²) in [5.74, 6) is 0.152. The van der Waals surface area contributed by atoms with Gasteiger partial charge in [-0.05, 0) is 5.56 Å². The number of nitrogens with two attached hydrogens (primary N) is 1. The van der Waals surface area contributed by atoms with Gasteiger partial charge in [-0.1, -0.05) is 60.7 Å². The molecule has 6 nitrogen and oxygen atoms in total. The lowest BCUT2D eigenvalue weighted by Crippen LogP contribution is -2.02. The van der Waals surface area contributed by atoms with Gasteiger partial charge in [0.1, 0.15) is 11.4 Å². The predicted molar refractivity (Wildman–Crippen MR) is 96.4 cm³/mol. The number of benzene rings is 2. The average molecular weight is 328 g/mol. The molecular weight excluding hydrogens is 312 g/mol. The predicted octanol–water partition coefficient (Wildman–Crippen LogP) is 3.03. The SMILES string of the molecule is Nc1nnc(-c2cnn(Cc3ccccc3)c2)c(-c2ccccc2)n1. The molecular formula is C19H16N6. The van der Waals surface area contributed by atoms with E-state index in [9.17, 15) is 0 Å². The highest BCUT2D eigenvalue weighted by atomic mass is 15.3. The van der Waals surface area contributed by atoms with E-state index in [1.165, 1.54) is 5.56 Å². The van der Waals surface area contributed by atoms with Crippen molar-refractivity contribution in [1.82, 2.24) is 25.0 Å². The molecule has 0 spiro atoms. The van der Waals surface area contributed by atoms with Gasteiger partial charge in [-0.25, -0.2) is 4.98 Å². The third-order valence-corrected chi connectivity index (χ3v) is 3.84. The van der Waals surface area contributed by atoms with Crippen LogP contribution in [0.3, 0.4) is 0 Å². The molecule has 0 amide bonds. The maximum absolute atomic E-state index is 5.74. The summed E-state index contributed by atoms with van der Waals surface area (Å²) in [4.78, 5) is 4.38. The van der Waals surface area contributed by atoms with Crippen molar-refractivity contribution in [2.75, 3.05) is 5.73 Å². The molecule has 0 bridgehead atoms. The second-order valence-electron chi connectivity index (χ2n) is 5.65. The largest absolute Gasteiger partial charge is 0.366 e. The van der Waals surface area contributed by atoms with E-state index in [-0.39, 0.29) is 5.95 Å². The van der Waals surface area contributed by atoms with E-state index in [4.69, 9.17) is 5.73 Å². The maximum atomic E-state index is 5.74. The third kappa shape index (κ3) is 3.23. The zero-order chi connectivity index (χ0) is 17.1. The molecule has 0 aliphatic rings. The molecule has 0 aliphatic heterocycles. The monoisotopic (exact) mass is 328 g/mol. The molecule has 122 valence electrons. The van der Waals surface area contributed by atoms with E-state index < -0.39 is 0 Å². The minimum Gasteiger partial charge on any atom is -0.366 e. The third-order valence-electron chi connectivity index (χ3n) is 3.84. The van der Waals surface area contributed by atoms with Crippen LogP contribution in [0.4, 0.5) is 5.95 Å². The number of hydrogen-bond donors (Lipinski definition) is 1. The summed E-state index contributed by atoms with van der Waals surface area (Å²) in [6.07, 6.45) is 3.72. The van der Waals surface area contributed by atoms with Gasteiger partial charge in [0.15, 0.2) is 0 Å². The number of nitrogen functional groups attached to an aromatic ring is 1. The van der Waals surface area contributed by atoms with Gasteiger partial charge in [0.25, 0.3) is 0 Å². The van der Waals surface area contributed by atoms with Crippen LogP contribution in [-0.2, 0) is 6.54 Å². The van der Waals surface area contributed by atoms with E-state index in [2.05, 4.69) is 32.4 Å². The molecule has 2 aromatic heterocycles. The molecule has 0 aliphatic carbocycles. The first-order valence-corrected chi connectivity index (χ1v) is 7.92. The molecule has 25 heavy (non-hydrogen) atoms. The van der Waals surface area contributed by atoms with E-state index >= 15 is 0 Å². The highest BCUT2D eigenvalue weighted by Gasteiger charge is 2.14. The minimum absolute atomic E-state index is 0.152. The second kappa shape index (κ2) is 6.52. The highest BCUT2D eigenvalue weighted by Crippen LogP contribution is 2.28. The fraction of sp³-hybridized carbons (Fsp3) is 0.0526. The summed E-state index contributed by atoms with van der Waals surface area (Å²) in [5.41, 5.74) is 10.1. The Morgan fingerprint density at radius 1 is 0.800 bits per heavy atom. The maximum Gasteiger partial charge on any atom is 0.240 e. The van der Waals surface area contributed by atoms with Crippen LogP contribution in [0, 0.1) is 0 Å². The van der Waals surface area contributed by atoms with Crippen molar-refractivity contribution in [3.8, 4) is 22.5 Å². The van der Waals surface area contributed by atoms with E-state index in [0.29, 0.717) is 17.9 Å². The van der Waals surface area contributed by atoms with Gasteiger partial charge < -0.3 is 5.73 Å². The van der Waals surface area contributed by atoms with Crippen LogP contribution < -0.4 is 5.73 Å². The Hall–Kier alpha value is -3.54. The van der Waals surface area contributed by atoms with Crippen LogP contribution in [0.25, 0.3) is 22.5 Å². The molecule has 2 aromatic carbocycles. The van der Waals surface area contributed by atoms with Crippen LogP contribution >= 0.6 is 0 Å². The molecule has 0 fully saturated rings. The zero-order valence-electron chi connectivity index (χ0n) is 13.4. The number of hydrogen-bond acceptors (Lipinski definition) is 5. The first-order chi connectivity index (χ1) is 12.3. The molecule has 0 saturated heterocycles. The fourth-order valence-corrected chi connectivity index (χ4v) is 2.67. The summed E-state index contributed by atoms with van der Waals surface area (Å²) in [5, 5.41) is 12.6. The second-order valence-corrected chi connectivity index (χ2v) is 5.65. The van der Waals surface area contributed by atoms with Crippen LogP contribution in [0.1, 0.15) is 5.56 Å². The van der Waals surface area contributed by atoms with Crippen molar-refractivity contribution >= 4 is 5.95 Å². The summed E-state index contributed by atoms with van der Waals surface area (Å²) >= 11 is 0. The molecule has 6 heteroatoms. The van der Waals surface area contributed by atoms with Gasteiger partial charge in [-0.2, -0.15) is 5.10 Å². The Balaban J connectivity index is 1.71. The lowest BCUT2D eigenvalue weighted by atomic mass is 10.1. The van der Waals surface area contributed by atoms with Crippen molar-refractivity contribution in [3.63, 3.8) is 0 Å². The molecule has 2 N–H and O–H groups in total. The molecule has 4 rings (SSSR count). The van der Waals surface area contributed by atoms with Crippen molar-refractivity contribution in [3.05, 3.63) is 78.6 Å². The Labute approximate surface area is 145 Å². The van der Waals surface area contributed by atoms with E-state index in [1.54, 1.807) is 6.20 Å². The van der Waals surface area contributed by atoms with E-state index in [0.717, 1.165) is 11.1 Å². The number of nitrogens with zero attached hydrogens (tertiary/aromatic N) is 5. The molecule has 2 heterocycles. The van der Waals surface area contributed by atoms with Gasteiger partial charge >= 0.3 is 0 Å². The first kappa shape index (κ1) is 15.0. The van der Waals surface area contributed by atoms with Crippen LogP contribution in [-0.4, -0.2) is 25.0 Å². The normalized spacial score (nSPS) is 10.7. The molecule has 4 aromatic rings. The molecule has 0 unspecified atom stereocenters. The Morgan fingerprint density at radius 2 is 1.52 bits per heavy atom. The summed E-state index contributed by atoms with van der Waals surface area (Å²) < 4.78 is 1.87. The van der Waals surface area contributed by atoms with Crippen molar-refractivity contribution in [2.45, 2.75) is 6.54 Å². The topological polar surface area (TPSA) is 82.5 Å². The fourth-order valence-electron chi connectivity index (χ4n) is 2.67. The molecule has 0 saturated carbocycles. The quantitative estimate of drug-likeness (QED) is 0.622. The van der Waals surface area contributed by atoms with Gasteiger partial charge in [0.2, 0.25) is 5.95 Å². The Morgan fingerprint density at radius 3 is 2.28 bits per heavy atom. The minimum atomic E-state index is 0.152. The first-order valence-electron chi connectivity index (χ1n) is 7.92. The number of aromatic nitrogens is 5. The van der Waals surface area contributed by atoms with Crippen molar-refractivity contribution < 1.29 is 0 Å². The summed E-state index contributed by atoms with van der Waals surface area (Å²) in [7, 11) is 0. The Kier molecular flexibility index (Phi) is 3.92. The standard InChI is InChI=1S/C19H16N6/c20-19-22-17(15-9-5-2-6-10-15)18(23-24-19)16-11-21-25(13-16)12-14-7-3-1-4-8-14/h1-11,13H,12H2,(H2,20,22,24). The lowest BCUT2D eigenvalue weighted by Gasteiger charge is -2.06. The van der Waals surface area contributed by atoms with Crippen molar-refractivity contribution in [2.24, 2.45) is 0 Å². The zero-order valence-corrected chi connectivity index (χ0v) is 13.4. The van der Waals surface area contributed by atoms with Gasteiger partial charge in [-0.15, -0.1) is 10.2 Å². The number of anilines is 1.